The van der Waals surface area contributed by atoms with E-state index in [1.54, 1.807) is 25.2 Å². The molecule has 1 atom stereocenters. The zero-order valence-electron chi connectivity index (χ0n) is 16.7. The Hall–Kier alpha value is -2.11. The summed E-state index contributed by atoms with van der Waals surface area (Å²) in [6.07, 6.45) is 8.50. The van der Waals surface area contributed by atoms with Gasteiger partial charge in [0.1, 0.15) is 0 Å². The summed E-state index contributed by atoms with van der Waals surface area (Å²) in [7, 11) is 3.46. The van der Waals surface area contributed by atoms with Crippen LogP contribution in [0.25, 0.3) is 0 Å². The van der Waals surface area contributed by atoms with Crippen molar-refractivity contribution in [1.82, 2.24) is 15.2 Å². The van der Waals surface area contributed by atoms with E-state index in [2.05, 4.69) is 10.3 Å². The van der Waals surface area contributed by atoms with E-state index in [1.807, 2.05) is 13.0 Å². The molecule has 0 radical (unpaired) electrons. The molecular weight excluding hydrogens is 342 g/mol. The predicted molar refractivity (Wildman–Crippen MR) is 104 cm³/mol. The van der Waals surface area contributed by atoms with Gasteiger partial charge < -0.3 is 15.0 Å². The zero-order valence-corrected chi connectivity index (χ0v) is 16.7. The minimum absolute atomic E-state index is 0.0102. The molecule has 6 heteroatoms. The Kier molecular flexibility index (Phi) is 6.34. The molecule has 0 unspecified atom stereocenters. The van der Waals surface area contributed by atoms with Crippen molar-refractivity contribution in [3.05, 3.63) is 23.5 Å². The molecule has 27 heavy (non-hydrogen) atoms. The maximum Gasteiger partial charge on any atom is 0.273 e. The summed E-state index contributed by atoms with van der Waals surface area (Å²) in [5, 5.41) is 3.00. The molecule has 2 saturated carbocycles. The van der Waals surface area contributed by atoms with Gasteiger partial charge in [-0.3, -0.25) is 9.59 Å². The number of rotatable bonds is 10. The van der Waals surface area contributed by atoms with Crippen LogP contribution in [0.15, 0.2) is 12.3 Å². The number of ether oxygens (including phenoxy) is 1. The van der Waals surface area contributed by atoms with Crippen molar-refractivity contribution in [1.29, 1.82) is 0 Å². The summed E-state index contributed by atoms with van der Waals surface area (Å²) in [6.45, 7) is 2.69. The number of nitrogens with one attached hydrogen (secondary N) is 1. The van der Waals surface area contributed by atoms with E-state index in [1.165, 1.54) is 25.7 Å². The lowest BCUT2D eigenvalue weighted by Gasteiger charge is -2.20. The Bertz CT molecular complexity index is 681. The van der Waals surface area contributed by atoms with Gasteiger partial charge in [-0.15, -0.1) is 0 Å². The molecule has 1 aromatic heterocycles. The predicted octanol–water partition coefficient (Wildman–Crippen LogP) is 3.12. The van der Waals surface area contributed by atoms with Crippen LogP contribution in [0.4, 0.5) is 0 Å². The topological polar surface area (TPSA) is 71.5 Å². The second-order valence-corrected chi connectivity index (χ2v) is 8.10. The molecule has 0 aliphatic heterocycles. The first-order chi connectivity index (χ1) is 13.0. The van der Waals surface area contributed by atoms with Crippen LogP contribution in [-0.2, 0) is 4.79 Å². The molecule has 2 aliphatic carbocycles. The van der Waals surface area contributed by atoms with Crippen LogP contribution in [-0.4, -0.2) is 48.4 Å². The quantitative estimate of drug-likeness (QED) is 0.684. The number of hydrogen-bond acceptors (Lipinski definition) is 4. The third-order valence-electron chi connectivity index (χ3n) is 5.20. The fourth-order valence-corrected chi connectivity index (χ4v) is 3.09. The highest BCUT2D eigenvalue weighted by atomic mass is 16.5. The third-order valence-corrected chi connectivity index (χ3v) is 5.20. The molecule has 0 aromatic carbocycles. The second-order valence-electron chi connectivity index (χ2n) is 8.10. The van der Waals surface area contributed by atoms with Crippen LogP contribution in [0.3, 0.4) is 0 Å². The average Bonchev–Trinajstić information content (AvgIpc) is 3.53. The Morgan fingerprint density at radius 1 is 1.30 bits per heavy atom. The van der Waals surface area contributed by atoms with Gasteiger partial charge in [0.25, 0.3) is 5.91 Å². The molecule has 0 spiro atoms. The maximum atomic E-state index is 12.9. The van der Waals surface area contributed by atoms with Gasteiger partial charge in [0, 0.05) is 32.8 Å². The lowest BCUT2D eigenvalue weighted by atomic mass is 10.1. The van der Waals surface area contributed by atoms with Crippen LogP contribution in [0.5, 0.6) is 5.75 Å². The summed E-state index contributed by atoms with van der Waals surface area (Å²) in [5.41, 5.74) is 1.49. The number of nitrogens with zero attached hydrogens (tertiary/aromatic N) is 2. The van der Waals surface area contributed by atoms with Crippen molar-refractivity contribution in [3.63, 3.8) is 0 Å². The summed E-state index contributed by atoms with van der Waals surface area (Å²) in [5.74, 6) is 1.50. The SMILES string of the molecule is CCC[C@@H](CC(=O)N(C)C)NC(=O)c1ncc(C2CC2)cc1OCC1CC1. The van der Waals surface area contributed by atoms with Crippen LogP contribution in [0.2, 0.25) is 0 Å². The molecule has 2 fully saturated rings. The fourth-order valence-electron chi connectivity index (χ4n) is 3.09. The first kappa shape index (κ1) is 19.6. The summed E-state index contributed by atoms with van der Waals surface area (Å²) in [6, 6.07) is 1.79. The van der Waals surface area contributed by atoms with Gasteiger partial charge >= 0.3 is 0 Å². The molecule has 0 bridgehead atoms. The summed E-state index contributed by atoms with van der Waals surface area (Å²) in [4.78, 5) is 30.9. The molecule has 148 valence electrons. The molecule has 1 N–H and O–H groups in total. The van der Waals surface area contributed by atoms with E-state index in [-0.39, 0.29) is 17.9 Å². The number of hydrogen-bond donors (Lipinski definition) is 1. The van der Waals surface area contributed by atoms with E-state index in [0.29, 0.717) is 36.3 Å². The zero-order chi connectivity index (χ0) is 19.4. The van der Waals surface area contributed by atoms with Gasteiger partial charge in [0.05, 0.1) is 6.61 Å². The van der Waals surface area contributed by atoms with E-state index in [9.17, 15) is 9.59 Å². The highest BCUT2D eigenvalue weighted by Gasteiger charge is 2.28. The number of carbonyl (C=O) groups excluding carboxylic acids is 2. The fraction of sp³-hybridized carbons (Fsp3) is 0.667. The summed E-state index contributed by atoms with van der Waals surface area (Å²) >= 11 is 0. The number of carbonyl (C=O) groups is 2. The van der Waals surface area contributed by atoms with Gasteiger partial charge in [-0.1, -0.05) is 13.3 Å². The smallest absolute Gasteiger partial charge is 0.273 e. The van der Waals surface area contributed by atoms with Crippen LogP contribution >= 0.6 is 0 Å². The minimum Gasteiger partial charge on any atom is -0.491 e. The lowest BCUT2D eigenvalue weighted by molar-refractivity contribution is -0.129. The number of pyridine rings is 1. The van der Waals surface area contributed by atoms with Crippen molar-refractivity contribution >= 4 is 11.8 Å². The van der Waals surface area contributed by atoms with Gasteiger partial charge in [-0.25, -0.2) is 4.98 Å². The van der Waals surface area contributed by atoms with E-state index in [0.717, 1.165) is 18.4 Å². The molecule has 3 rings (SSSR count). The number of amides is 2. The average molecular weight is 373 g/mol. The van der Waals surface area contributed by atoms with Gasteiger partial charge in [0.15, 0.2) is 11.4 Å². The van der Waals surface area contributed by atoms with E-state index < -0.39 is 0 Å². The Morgan fingerprint density at radius 2 is 2.04 bits per heavy atom. The third kappa shape index (κ3) is 5.68. The molecule has 0 saturated heterocycles. The van der Waals surface area contributed by atoms with Crippen LogP contribution in [0.1, 0.15) is 73.8 Å². The first-order valence-corrected chi connectivity index (χ1v) is 10.1. The van der Waals surface area contributed by atoms with E-state index in [4.69, 9.17) is 4.74 Å². The van der Waals surface area contributed by atoms with Crippen molar-refractivity contribution < 1.29 is 14.3 Å². The van der Waals surface area contributed by atoms with E-state index >= 15 is 0 Å². The normalized spacial score (nSPS) is 17.3. The monoisotopic (exact) mass is 373 g/mol. The molecule has 2 amide bonds. The molecule has 1 heterocycles. The standard InChI is InChI=1S/C21H31N3O3/c1-4-5-17(11-19(25)24(2)3)23-21(26)20-18(27-13-14-6-7-14)10-16(12-22-20)15-8-9-15/h10,12,14-15,17H,4-9,11,13H2,1-3H3,(H,23,26)/t17-/m0/s1. The van der Waals surface area contributed by atoms with Crippen LogP contribution in [0, 0.1) is 5.92 Å². The lowest BCUT2D eigenvalue weighted by Crippen LogP contribution is -2.39. The number of aromatic nitrogens is 1. The van der Waals surface area contributed by atoms with Crippen molar-refractivity contribution in [2.75, 3.05) is 20.7 Å². The van der Waals surface area contributed by atoms with Crippen molar-refractivity contribution in [3.8, 4) is 5.75 Å². The van der Waals surface area contributed by atoms with Crippen molar-refractivity contribution in [2.24, 2.45) is 5.92 Å². The summed E-state index contributed by atoms with van der Waals surface area (Å²) < 4.78 is 5.96. The van der Waals surface area contributed by atoms with Gasteiger partial charge in [-0.05, 0) is 55.6 Å². The molecule has 2 aliphatic rings. The van der Waals surface area contributed by atoms with Crippen molar-refractivity contribution in [2.45, 2.75) is 63.8 Å². The Labute approximate surface area is 161 Å². The van der Waals surface area contributed by atoms with Gasteiger partial charge in [-0.2, -0.15) is 0 Å². The van der Waals surface area contributed by atoms with Gasteiger partial charge in [0.2, 0.25) is 5.91 Å². The minimum atomic E-state index is -0.256. The Morgan fingerprint density at radius 3 is 2.63 bits per heavy atom. The first-order valence-electron chi connectivity index (χ1n) is 10.1. The Balaban J connectivity index is 1.71. The highest BCUT2D eigenvalue weighted by Crippen LogP contribution is 2.41. The molecule has 6 nitrogen and oxygen atoms in total. The maximum absolute atomic E-state index is 12.9. The van der Waals surface area contributed by atoms with Crippen LogP contribution < -0.4 is 10.1 Å². The molecule has 1 aromatic rings. The largest absolute Gasteiger partial charge is 0.491 e. The molecular formula is C21H31N3O3. The highest BCUT2D eigenvalue weighted by molar-refractivity contribution is 5.95. The second kappa shape index (κ2) is 8.72.